The first-order valence-electron chi connectivity index (χ1n) is 7.76. The second-order valence-electron chi connectivity index (χ2n) is 5.76. The number of aromatic nitrogens is 1. The lowest BCUT2D eigenvalue weighted by Gasteiger charge is -2.24. The monoisotopic (exact) mass is 262 g/mol. The molecule has 1 N–H and O–H groups in total. The van der Waals surface area contributed by atoms with Crippen molar-refractivity contribution >= 4 is 0 Å². The van der Waals surface area contributed by atoms with Gasteiger partial charge >= 0.3 is 0 Å². The highest BCUT2D eigenvalue weighted by molar-refractivity contribution is 5.25. The Balaban J connectivity index is 2.82. The van der Waals surface area contributed by atoms with Crippen molar-refractivity contribution in [1.82, 2.24) is 10.3 Å². The van der Waals surface area contributed by atoms with Gasteiger partial charge in [-0.2, -0.15) is 0 Å². The summed E-state index contributed by atoms with van der Waals surface area (Å²) in [5.41, 5.74) is 3.66. The molecule has 0 saturated heterocycles. The Morgan fingerprint density at radius 3 is 2.47 bits per heavy atom. The standard InChI is InChI=1S/C17H30N2/c1-6-8-13(3)12-17(18-11-7-2)16-10-9-14(4)19-15(16)5/h9-10,13,17-18H,6-8,11-12H2,1-5H3. The van der Waals surface area contributed by atoms with Crippen LogP contribution in [-0.2, 0) is 0 Å². The molecule has 1 heterocycles. The van der Waals surface area contributed by atoms with E-state index in [4.69, 9.17) is 0 Å². The van der Waals surface area contributed by atoms with Crippen LogP contribution in [0.4, 0.5) is 0 Å². The summed E-state index contributed by atoms with van der Waals surface area (Å²) >= 11 is 0. The Morgan fingerprint density at radius 2 is 1.89 bits per heavy atom. The van der Waals surface area contributed by atoms with E-state index in [1.807, 2.05) is 0 Å². The highest BCUT2D eigenvalue weighted by Gasteiger charge is 2.16. The predicted octanol–water partition coefficient (Wildman–Crippen LogP) is 4.57. The van der Waals surface area contributed by atoms with Gasteiger partial charge in [-0.05, 0) is 50.8 Å². The lowest BCUT2D eigenvalue weighted by atomic mass is 9.92. The molecule has 0 bridgehead atoms. The number of hydrogen-bond donors (Lipinski definition) is 1. The van der Waals surface area contributed by atoms with Gasteiger partial charge in [0.1, 0.15) is 0 Å². The zero-order valence-electron chi connectivity index (χ0n) is 13.3. The van der Waals surface area contributed by atoms with Gasteiger partial charge in [0.05, 0.1) is 0 Å². The van der Waals surface area contributed by atoms with Gasteiger partial charge in [0, 0.05) is 17.4 Å². The van der Waals surface area contributed by atoms with Crippen LogP contribution in [0.5, 0.6) is 0 Å². The van der Waals surface area contributed by atoms with Crippen LogP contribution in [0.15, 0.2) is 12.1 Å². The molecule has 0 fully saturated rings. The summed E-state index contributed by atoms with van der Waals surface area (Å²) in [6, 6.07) is 4.84. The summed E-state index contributed by atoms with van der Waals surface area (Å²) in [4.78, 5) is 4.62. The minimum atomic E-state index is 0.453. The molecular formula is C17H30N2. The predicted molar refractivity (Wildman–Crippen MR) is 83.4 cm³/mol. The number of pyridine rings is 1. The van der Waals surface area contributed by atoms with E-state index in [1.54, 1.807) is 0 Å². The summed E-state index contributed by atoms with van der Waals surface area (Å²) in [5.74, 6) is 0.764. The van der Waals surface area contributed by atoms with Crippen LogP contribution in [0.1, 0.15) is 69.4 Å². The fourth-order valence-corrected chi connectivity index (χ4v) is 2.72. The van der Waals surface area contributed by atoms with Crippen LogP contribution in [0.2, 0.25) is 0 Å². The van der Waals surface area contributed by atoms with E-state index in [0.717, 1.165) is 18.2 Å². The average molecular weight is 262 g/mol. The molecule has 0 aliphatic rings. The van der Waals surface area contributed by atoms with Gasteiger partial charge in [-0.25, -0.2) is 0 Å². The molecule has 108 valence electrons. The Morgan fingerprint density at radius 1 is 1.16 bits per heavy atom. The Labute approximate surface area is 119 Å². The molecule has 2 nitrogen and oxygen atoms in total. The fraction of sp³-hybridized carbons (Fsp3) is 0.706. The van der Waals surface area contributed by atoms with Crippen LogP contribution in [0.25, 0.3) is 0 Å². The Hall–Kier alpha value is -0.890. The third-order valence-corrected chi connectivity index (χ3v) is 3.70. The number of nitrogens with one attached hydrogen (secondary N) is 1. The lowest BCUT2D eigenvalue weighted by molar-refractivity contribution is 0.388. The van der Waals surface area contributed by atoms with E-state index in [0.29, 0.717) is 6.04 Å². The number of nitrogens with zero attached hydrogens (tertiary/aromatic N) is 1. The smallest absolute Gasteiger partial charge is 0.0423 e. The number of hydrogen-bond acceptors (Lipinski definition) is 2. The third-order valence-electron chi connectivity index (χ3n) is 3.70. The minimum absolute atomic E-state index is 0.453. The molecule has 1 aromatic heterocycles. The quantitative estimate of drug-likeness (QED) is 0.742. The van der Waals surface area contributed by atoms with Gasteiger partial charge in [0.2, 0.25) is 0 Å². The molecule has 2 heteroatoms. The van der Waals surface area contributed by atoms with Crippen LogP contribution in [-0.4, -0.2) is 11.5 Å². The van der Waals surface area contributed by atoms with Crippen molar-refractivity contribution in [2.45, 2.75) is 66.3 Å². The van der Waals surface area contributed by atoms with Gasteiger partial charge in [0.15, 0.2) is 0 Å². The molecule has 2 atom stereocenters. The van der Waals surface area contributed by atoms with Gasteiger partial charge in [-0.15, -0.1) is 0 Å². The van der Waals surface area contributed by atoms with Crippen molar-refractivity contribution in [1.29, 1.82) is 0 Å². The van der Waals surface area contributed by atoms with Gasteiger partial charge < -0.3 is 5.32 Å². The van der Waals surface area contributed by atoms with E-state index in [9.17, 15) is 0 Å². The molecule has 0 radical (unpaired) electrons. The van der Waals surface area contributed by atoms with Crippen molar-refractivity contribution < 1.29 is 0 Å². The Kier molecular flexibility index (Phi) is 7.07. The summed E-state index contributed by atoms with van der Waals surface area (Å²) in [7, 11) is 0. The second-order valence-corrected chi connectivity index (χ2v) is 5.76. The molecule has 0 aromatic carbocycles. The minimum Gasteiger partial charge on any atom is -0.310 e. The largest absolute Gasteiger partial charge is 0.310 e. The van der Waals surface area contributed by atoms with Gasteiger partial charge in [-0.1, -0.05) is 39.7 Å². The summed E-state index contributed by atoms with van der Waals surface area (Å²) < 4.78 is 0. The highest BCUT2D eigenvalue weighted by atomic mass is 14.9. The summed E-state index contributed by atoms with van der Waals surface area (Å²) in [6.07, 6.45) is 4.96. The molecule has 19 heavy (non-hydrogen) atoms. The van der Waals surface area contributed by atoms with E-state index in [-0.39, 0.29) is 0 Å². The van der Waals surface area contributed by atoms with Gasteiger partial charge in [0.25, 0.3) is 0 Å². The van der Waals surface area contributed by atoms with Crippen molar-refractivity contribution in [2.75, 3.05) is 6.54 Å². The van der Waals surface area contributed by atoms with Gasteiger partial charge in [-0.3, -0.25) is 4.98 Å². The zero-order chi connectivity index (χ0) is 14.3. The van der Waals surface area contributed by atoms with Crippen LogP contribution < -0.4 is 5.32 Å². The maximum Gasteiger partial charge on any atom is 0.0423 e. The van der Waals surface area contributed by atoms with E-state index in [2.05, 4.69) is 57.1 Å². The molecule has 1 rings (SSSR count). The first-order chi connectivity index (χ1) is 9.08. The number of aryl methyl sites for hydroxylation is 2. The van der Waals surface area contributed by atoms with Crippen molar-refractivity contribution in [2.24, 2.45) is 5.92 Å². The first kappa shape index (κ1) is 16.2. The molecule has 0 amide bonds. The highest BCUT2D eigenvalue weighted by Crippen LogP contribution is 2.25. The second kappa shape index (κ2) is 8.31. The topological polar surface area (TPSA) is 24.9 Å². The molecule has 0 spiro atoms. The van der Waals surface area contributed by atoms with Crippen LogP contribution >= 0.6 is 0 Å². The number of rotatable bonds is 8. The lowest BCUT2D eigenvalue weighted by Crippen LogP contribution is -2.25. The van der Waals surface area contributed by atoms with Crippen molar-refractivity contribution in [3.05, 3.63) is 29.1 Å². The summed E-state index contributed by atoms with van der Waals surface area (Å²) in [6.45, 7) is 12.1. The average Bonchev–Trinajstić information content (AvgIpc) is 2.35. The maximum absolute atomic E-state index is 4.62. The van der Waals surface area contributed by atoms with Crippen molar-refractivity contribution in [3.63, 3.8) is 0 Å². The van der Waals surface area contributed by atoms with Crippen molar-refractivity contribution in [3.8, 4) is 0 Å². The third kappa shape index (κ3) is 5.32. The maximum atomic E-state index is 4.62. The van der Waals surface area contributed by atoms with E-state index < -0.39 is 0 Å². The molecule has 0 saturated carbocycles. The van der Waals surface area contributed by atoms with E-state index in [1.165, 1.54) is 36.9 Å². The summed E-state index contributed by atoms with van der Waals surface area (Å²) in [5, 5.41) is 3.70. The van der Waals surface area contributed by atoms with Crippen LogP contribution in [0.3, 0.4) is 0 Å². The molecule has 2 unspecified atom stereocenters. The normalized spacial score (nSPS) is 14.4. The molecule has 1 aromatic rings. The first-order valence-corrected chi connectivity index (χ1v) is 7.76. The molecule has 0 aliphatic carbocycles. The molecule has 0 aliphatic heterocycles. The van der Waals surface area contributed by atoms with E-state index >= 15 is 0 Å². The fourth-order valence-electron chi connectivity index (χ4n) is 2.72. The Bertz CT molecular complexity index is 374. The zero-order valence-corrected chi connectivity index (χ0v) is 13.3. The SMILES string of the molecule is CCCNC(CC(C)CCC)c1ccc(C)nc1C. The molecular weight excluding hydrogens is 232 g/mol. The van der Waals surface area contributed by atoms with Crippen LogP contribution in [0, 0.1) is 19.8 Å².